The second kappa shape index (κ2) is 12.2. The van der Waals surface area contributed by atoms with Gasteiger partial charge in [-0.25, -0.2) is 0 Å². The Morgan fingerprint density at radius 2 is 1.52 bits per heavy atom. The van der Waals surface area contributed by atoms with E-state index in [1.807, 2.05) is 6.92 Å². The predicted octanol–water partition coefficient (Wildman–Crippen LogP) is 7.67. The highest BCUT2D eigenvalue weighted by Gasteiger charge is 2.10. The number of unbranched alkanes of at least 4 members (excludes halogenated alkanes) is 7. The van der Waals surface area contributed by atoms with Crippen molar-refractivity contribution >= 4 is 27.5 Å². The van der Waals surface area contributed by atoms with E-state index < -0.39 is 0 Å². The molecule has 23 heavy (non-hydrogen) atoms. The summed E-state index contributed by atoms with van der Waals surface area (Å²) in [6.45, 7) is 7.21. The number of hydrogen-bond donors (Lipinski definition) is 0. The van der Waals surface area contributed by atoms with E-state index >= 15 is 0 Å². The monoisotopic (exact) mass is 402 g/mol. The third-order valence-corrected chi connectivity index (χ3v) is 5.17. The second-order valence-electron chi connectivity index (χ2n) is 6.66. The number of rotatable bonds is 12. The number of benzene rings is 1. The minimum absolute atomic E-state index is 0.433. The van der Waals surface area contributed by atoms with Crippen LogP contribution in [0, 0.1) is 6.92 Å². The fourth-order valence-corrected chi connectivity index (χ4v) is 3.25. The van der Waals surface area contributed by atoms with Crippen molar-refractivity contribution in [3.63, 3.8) is 0 Å². The van der Waals surface area contributed by atoms with E-state index in [0.717, 1.165) is 34.7 Å². The third-order valence-electron chi connectivity index (χ3n) is 4.20. The lowest BCUT2D eigenvalue weighted by Crippen LogP contribution is -2.02. The van der Waals surface area contributed by atoms with Crippen LogP contribution in [0.1, 0.15) is 82.3 Å². The van der Waals surface area contributed by atoms with E-state index in [2.05, 4.69) is 41.9 Å². The quantitative estimate of drug-likeness (QED) is 0.257. The zero-order valence-corrected chi connectivity index (χ0v) is 17.3. The van der Waals surface area contributed by atoms with Crippen molar-refractivity contribution in [3.05, 3.63) is 28.3 Å². The van der Waals surface area contributed by atoms with Gasteiger partial charge < -0.3 is 4.74 Å². The molecule has 1 aromatic carbocycles. The molecule has 132 valence electrons. The third kappa shape index (κ3) is 8.44. The molecule has 0 aliphatic carbocycles. The average molecular weight is 404 g/mol. The fourth-order valence-electron chi connectivity index (χ4n) is 2.69. The van der Waals surface area contributed by atoms with E-state index in [1.54, 1.807) is 0 Å². The van der Waals surface area contributed by atoms with Gasteiger partial charge in [0.1, 0.15) is 5.75 Å². The standard InChI is InChI=1S/C20H32BrClO/c1-16(2)18-15-19(22)17(3)14-20(18)23-13-11-9-7-5-4-6-8-10-12-21/h14-16H,4-13H2,1-3H3. The maximum atomic E-state index is 6.24. The number of halogens is 2. The SMILES string of the molecule is Cc1cc(OCCCCCCCCCCBr)c(C(C)C)cc1Cl. The summed E-state index contributed by atoms with van der Waals surface area (Å²) >= 11 is 9.72. The molecule has 0 unspecified atom stereocenters. The first-order chi connectivity index (χ1) is 11.1. The van der Waals surface area contributed by atoms with Gasteiger partial charge >= 0.3 is 0 Å². The fraction of sp³-hybridized carbons (Fsp3) is 0.700. The van der Waals surface area contributed by atoms with Crippen molar-refractivity contribution in [1.29, 1.82) is 0 Å². The molecule has 0 spiro atoms. The molecule has 0 saturated heterocycles. The van der Waals surface area contributed by atoms with E-state index in [-0.39, 0.29) is 0 Å². The Balaban J connectivity index is 2.22. The molecule has 0 bridgehead atoms. The zero-order valence-electron chi connectivity index (χ0n) is 15.0. The summed E-state index contributed by atoms with van der Waals surface area (Å²) in [5.74, 6) is 1.44. The summed E-state index contributed by atoms with van der Waals surface area (Å²) in [6.07, 6.45) is 10.5. The maximum Gasteiger partial charge on any atom is 0.123 e. The Morgan fingerprint density at radius 1 is 0.957 bits per heavy atom. The van der Waals surface area contributed by atoms with Crippen molar-refractivity contribution in [2.45, 2.75) is 78.1 Å². The normalized spacial score (nSPS) is 11.2. The summed E-state index contributed by atoms with van der Waals surface area (Å²) in [6, 6.07) is 4.14. The van der Waals surface area contributed by atoms with E-state index in [4.69, 9.17) is 16.3 Å². The first-order valence-corrected chi connectivity index (χ1v) is 10.5. The van der Waals surface area contributed by atoms with Gasteiger partial charge in [0.25, 0.3) is 0 Å². The summed E-state index contributed by atoms with van der Waals surface area (Å²) in [7, 11) is 0. The molecule has 0 aliphatic heterocycles. The van der Waals surface area contributed by atoms with Gasteiger partial charge in [-0.1, -0.05) is 79.9 Å². The van der Waals surface area contributed by atoms with Crippen LogP contribution in [0.5, 0.6) is 5.75 Å². The first kappa shape index (κ1) is 20.8. The molecule has 1 aromatic rings. The van der Waals surface area contributed by atoms with Crippen LogP contribution in [-0.2, 0) is 0 Å². The lowest BCUT2D eigenvalue weighted by molar-refractivity contribution is 0.300. The number of alkyl halides is 1. The minimum Gasteiger partial charge on any atom is -0.493 e. The van der Waals surface area contributed by atoms with E-state index in [9.17, 15) is 0 Å². The molecule has 0 radical (unpaired) electrons. The van der Waals surface area contributed by atoms with Gasteiger partial charge in [0.15, 0.2) is 0 Å². The van der Waals surface area contributed by atoms with Gasteiger partial charge in [0.05, 0.1) is 6.61 Å². The second-order valence-corrected chi connectivity index (χ2v) is 7.86. The van der Waals surface area contributed by atoms with Crippen LogP contribution in [0.2, 0.25) is 5.02 Å². The van der Waals surface area contributed by atoms with Crippen LogP contribution in [0.15, 0.2) is 12.1 Å². The maximum absolute atomic E-state index is 6.24. The Bertz CT molecular complexity index is 446. The lowest BCUT2D eigenvalue weighted by Gasteiger charge is -2.16. The van der Waals surface area contributed by atoms with Crippen molar-refractivity contribution < 1.29 is 4.74 Å². The van der Waals surface area contributed by atoms with E-state index in [0.29, 0.717) is 5.92 Å². The first-order valence-electron chi connectivity index (χ1n) is 9.05. The summed E-state index contributed by atoms with van der Waals surface area (Å²) in [5, 5.41) is 1.98. The van der Waals surface area contributed by atoms with Crippen molar-refractivity contribution in [2.75, 3.05) is 11.9 Å². The van der Waals surface area contributed by atoms with Crippen LogP contribution < -0.4 is 4.74 Å². The van der Waals surface area contributed by atoms with Gasteiger partial charge in [0.2, 0.25) is 0 Å². The Labute approximate surface area is 156 Å². The van der Waals surface area contributed by atoms with Crippen molar-refractivity contribution in [3.8, 4) is 5.75 Å². The molecule has 0 N–H and O–H groups in total. The largest absolute Gasteiger partial charge is 0.493 e. The minimum atomic E-state index is 0.433. The molecule has 3 heteroatoms. The van der Waals surface area contributed by atoms with Crippen LogP contribution >= 0.6 is 27.5 Å². The molecule has 0 heterocycles. The molecular formula is C20H32BrClO. The lowest BCUT2D eigenvalue weighted by atomic mass is 10.0. The molecule has 0 aromatic heterocycles. The molecule has 0 saturated carbocycles. The van der Waals surface area contributed by atoms with Gasteiger partial charge in [-0.15, -0.1) is 0 Å². The van der Waals surface area contributed by atoms with Crippen molar-refractivity contribution in [1.82, 2.24) is 0 Å². The summed E-state index contributed by atoms with van der Waals surface area (Å²) in [5.41, 5.74) is 2.31. The van der Waals surface area contributed by atoms with Crippen molar-refractivity contribution in [2.24, 2.45) is 0 Å². The average Bonchev–Trinajstić information content (AvgIpc) is 2.52. The predicted molar refractivity (Wildman–Crippen MR) is 107 cm³/mol. The Hall–Kier alpha value is -0.210. The molecule has 0 fully saturated rings. The van der Waals surface area contributed by atoms with Crippen LogP contribution in [0.4, 0.5) is 0 Å². The molecular weight excluding hydrogens is 372 g/mol. The molecule has 1 rings (SSSR count). The topological polar surface area (TPSA) is 9.23 Å². The van der Waals surface area contributed by atoms with Crippen LogP contribution in [0.25, 0.3) is 0 Å². The zero-order chi connectivity index (χ0) is 17.1. The van der Waals surface area contributed by atoms with E-state index in [1.165, 1.54) is 50.5 Å². The number of hydrogen-bond acceptors (Lipinski definition) is 1. The van der Waals surface area contributed by atoms with Gasteiger partial charge in [0, 0.05) is 10.4 Å². The smallest absolute Gasteiger partial charge is 0.123 e. The number of aryl methyl sites for hydroxylation is 1. The Kier molecular flexibility index (Phi) is 11.0. The Morgan fingerprint density at radius 3 is 2.09 bits per heavy atom. The summed E-state index contributed by atoms with van der Waals surface area (Å²) in [4.78, 5) is 0. The number of ether oxygens (including phenoxy) is 1. The highest BCUT2D eigenvalue weighted by molar-refractivity contribution is 9.09. The molecule has 1 nitrogen and oxygen atoms in total. The molecule has 0 atom stereocenters. The van der Waals surface area contributed by atoms with Gasteiger partial charge in [-0.3, -0.25) is 0 Å². The van der Waals surface area contributed by atoms with Gasteiger partial charge in [-0.2, -0.15) is 0 Å². The molecule has 0 aliphatic rings. The summed E-state index contributed by atoms with van der Waals surface area (Å²) < 4.78 is 6.03. The van der Waals surface area contributed by atoms with Crippen LogP contribution in [-0.4, -0.2) is 11.9 Å². The van der Waals surface area contributed by atoms with Crippen LogP contribution in [0.3, 0.4) is 0 Å². The highest BCUT2D eigenvalue weighted by atomic mass is 79.9. The van der Waals surface area contributed by atoms with Gasteiger partial charge in [-0.05, 0) is 48.9 Å². The molecule has 0 amide bonds. The highest BCUT2D eigenvalue weighted by Crippen LogP contribution is 2.32.